The van der Waals surface area contributed by atoms with Crippen LogP contribution in [-0.2, 0) is 28.6 Å². The standard InChI is InChI=1S/C61H118O6/c1-7-57(6)49-43-37-31-25-19-13-9-11-15-21-27-33-39-45-51-60(63)66-54-58(67-61(64)52-46-40-34-28-22-16-18-24-30-36-42-48-56(4)5)53-65-59(62)50-44-38-32-26-20-14-10-8-12-17-23-29-35-41-47-55(2)3/h55-58H,7-54H2,1-6H3/t57?,58-/m0/s1. The second-order valence-corrected chi connectivity index (χ2v) is 22.2. The Balaban J connectivity index is 4.29. The molecule has 0 rings (SSSR count). The van der Waals surface area contributed by atoms with Gasteiger partial charge in [-0.15, -0.1) is 0 Å². The first-order chi connectivity index (χ1) is 32.6. The Hall–Kier alpha value is -1.59. The summed E-state index contributed by atoms with van der Waals surface area (Å²) in [6.45, 7) is 13.8. The molecule has 0 aliphatic rings. The van der Waals surface area contributed by atoms with Crippen molar-refractivity contribution in [1.82, 2.24) is 0 Å². The highest BCUT2D eigenvalue weighted by Gasteiger charge is 2.19. The first-order valence-corrected chi connectivity index (χ1v) is 30.1. The van der Waals surface area contributed by atoms with Gasteiger partial charge < -0.3 is 14.2 Å². The molecule has 0 aromatic carbocycles. The van der Waals surface area contributed by atoms with Crippen molar-refractivity contribution < 1.29 is 28.6 Å². The average molecular weight is 948 g/mol. The van der Waals surface area contributed by atoms with Gasteiger partial charge in [0.15, 0.2) is 6.10 Å². The third-order valence-corrected chi connectivity index (χ3v) is 14.3. The van der Waals surface area contributed by atoms with E-state index in [9.17, 15) is 14.4 Å². The van der Waals surface area contributed by atoms with E-state index in [2.05, 4.69) is 41.5 Å². The van der Waals surface area contributed by atoms with E-state index in [1.807, 2.05) is 0 Å². The second-order valence-electron chi connectivity index (χ2n) is 22.2. The normalized spacial score (nSPS) is 12.5. The van der Waals surface area contributed by atoms with Gasteiger partial charge in [-0.1, -0.05) is 298 Å². The Morgan fingerprint density at radius 1 is 0.299 bits per heavy atom. The third-order valence-electron chi connectivity index (χ3n) is 14.3. The molecule has 0 radical (unpaired) electrons. The fourth-order valence-electron chi connectivity index (χ4n) is 9.32. The molecule has 398 valence electrons. The van der Waals surface area contributed by atoms with E-state index in [0.717, 1.165) is 75.5 Å². The van der Waals surface area contributed by atoms with Crippen molar-refractivity contribution >= 4 is 17.9 Å². The Kier molecular flexibility index (Phi) is 51.0. The zero-order valence-electron chi connectivity index (χ0n) is 46.2. The minimum absolute atomic E-state index is 0.0632. The maximum atomic E-state index is 12.9. The molecule has 0 aliphatic heterocycles. The number of carbonyl (C=O) groups is 3. The van der Waals surface area contributed by atoms with Gasteiger partial charge in [-0.2, -0.15) is 0 Å². The molecule has 0 heterocycles. The molecular formula is C61H118O6. The van der Waals surface area contributed by atoms with Gasteiger partial charge in [0.05, 0.1) is 0 Å². The number of hydrogen-bond acceptors (Lipinski definition) is 6. The first kappa shape index (κ1) is 65.4. The first-order valence-electron chi connectivity index (χ1n) is 30.1. The fourth-order valence-corrected chi connectivity index (χ4v) is 9.32. The van der Waals surface area contributed by atoms with Crippen molar-refractivity contribution in [2.45, 2.75) is 343 Å². The number of carbonyl (C=O) groups excluding carboxylic acids is 3. The van der Waals surface area contributed by atoms with E-state index in [0.29, 0.717) is 19.3 Å². The van der Waals surface area contributed by atoms with Gasteiger partial charge in [0.1, 0.15) is 13.2 Å². The zero-order valence-corrected chi connectivity index (χ0v) is 46.2. The topological polar surface area (TPSA) is 78.9 Å². The lowest BCUT2D eigenvalue weighted by atomic mass is 9.99. The van der Waals surface area contributed by atoms with E-state index in [-0.39, 0.29) is 31.1 Å². The number of hydrogen-bond donors (Lipinski definition) is 0. The summed E-state index contributed by atoms with van der Waals surface area (Å²) < 4.78 is 16.9. The number of unbranched alkanes of at least 4 members (excludes halogenated alkanes) is 36. The van der Waals surface area contributed by atoms with Crippen LogP contribution < -0.4 is 0 Å². The van der Waals surface area contributed by atoms with Gasteiger partial charge >= 0.3 is 17.9 Å². The molecule has 6 nitrogen and oxygen atoms in total. The lowest BCUT2D eigenvalue weighted by molar-refractivity contribution is -0.167. The molecule has 2 atom stereocenters. The van der Waals surface area contributed by atoms with Crippen LogP contribution in [0, 0.1) is 17.8 Å². The number of esters is 3. The van der Waals surface area contributed by atoms with Crippen LogP contribution in [-0.4, -0.2) is 37.2 Å². The smallest absolute Gasteiger partial charge is 0.306 e. The molecule has 0 saturated carbocycles. The molecular weight excluding hydrogens is 829 g/mol. The monoisotopic (exact) mass is 947 g/mol. The highest BCUT2D eigenvalue weighted by molar-refractivity contribution is 5.71. The summed E-state index contributed by atoms with van der Waals surface area (Å²) in [7, 11) is 0. The van der Waals surface area contributed by atoms with E-state index >= 15 is 0 Å². The second kappa shape index (κ2) is 52.2. The minimum atomic E-state index is -0.764. The van der Waals surface area contributed by atoms with Crippen LogP contribution in [0.15, 0.2) is 0 Å². The van der Waals surface area contributed by atoms with Gasteiger partial charge in [-0.3, -0.25) is 14.4 Å². The van der Waals surface area contributed by atoms with Crippen molar-refractivity contribution in [2.24, 2.45) is 17.8 Å². The van der Waals surface area contributed by atoms with Crippen LogP contribution >= 0.6 is 0 Å². The van der Waals surface area contributed by atoms with E-state index in [1.165, 1.54) is 218 Å². The lowest BCUT2D eigenvalue weighted by Crippen LogP contribution is -2.30. The predicted molar refractivity (Wildman–Crippen MR) is 289 cm³/mol. The SMILES string of the molecule is CCC(C)CCCCCCCCCCCCCCCCC(=O)OC[C@H](COC(=O)CCCCCCCCCCCCCCCCC(C)C)OC(=O)CCCCCCCCCCCCCC(C)C. The maximum absolute atomic E-state index is 12.9. The van der Waals surface area contributed by atoms with Crippen molar-refractivity contribution in [1.29, 1.82) is 0 Å². The van der Waals surface area contributed by atoms with Gasteiger partial charge in [-0.05, 0) is 37.0 Å². The van der Waals surface area contributed by atoms with Crippen molar-refractivity contribution in [3.8, 4) is 0 Å². The van der Waals surface area contributed by atoms with Gasteiger partial charge in [0, 0.05) is 19.3 Å². The molecule has 0 fully saturated rings. The van der Waals surface area contributed by atoms with Crippen molar-refractivity contribution in [2.75, 3.05) is 13.2 Å². The molecule has 0 aliphatic carbocycles. The van der Waals surface area contributed by atoms with E-state index in [1.54, 1.807) is 0 Å². The van der Waals surface area contributed by atoms with Crippen LogP contribution in [0.1, 0.15) is 337 Å². The minimum Gasteiger partial charge on any atom is -0.462 e. The predicted octanol–water partition coefficient (Wildman–Crippen LogP) is 19.9. The van der Waals surface area contributed by atoms with Crippen LogP contribution in [0.4, 0.5) is 0 Å². The van der Waals surface area contributed by atoms with Crippen LogP contribution in [0.3, 0.4) is 0 Å². The van der Waals surface area contributed by atoms with Crippen molar-refractivity contribution in [3.63, 3.8) is 0 Å². The Morgan fingerprint density at radius 3 is 0.776 bits per heavy atom. The molecule has 0 aromatic heterocycles. The molecule has 0 aromatic rings. The number of rotatable bonds is 54. The summed E-state index contributed by atoms with van der Waals surface area (Å²) in [6.07, 6.45) is 55.2. The molecule has 0 amide bonds. The summed E-state index contributed by atoms with van der Waals surface area (Å²) in [5, 5.41) is 0. The number of ether oxygens (including phenoxy) is 3. The molecule has 0 spiro atoms. The maximum Gasteiger partial charge on any atom is 0.306 e. The Bertz CT molecular complexity index is 1040. The summed E-state index contributed by atoms with van der Waals surface area (Å²) >= 11 is 0. The molecule has 6 heteroatoms. The highest BCUT2D eigenvalue weighted by atomic mass is 16.6. The van der Waals surface area contributed by atoms with Crippen molar-refractivity contribution in [3.05, 3.63) is 0 Å². The summed E-state index contributed by atoms with van der Waals surface area (Å²) in [5.74, 6) is 1.72. The van der Waals surface area contributed by atoms with Crippen LogP contribution in [0.2, 0.25) is 0 Å². The zero-order chi connectivity index (χ0) is 49.1. The largest absolute Gasteiger partial charge is 0.462 e. The highest BCUT2D eigenvalue weighted by Crippen LogP contribution is 2.19. The third kappa shape index (κ3) is 53.6. The average Bonchev–Trinajstić information content (AvgIpc) is 3.30. The summed E-state index contributed by atoms with van der Waals surface area (Å²) in [4.78, 5) is 38.2. The van der Waals surface area contributed by atoms with Crippen LogP contribution in [0.25, 0.3) is 0 Å². The van der Waals surface area contributed by atoms with Gasteiger partial charge in [0.2, 0.25) is 0 Å². The molecule has 0 bridgehead atoms. The molecule has 0 saturated heterocycles. The Labute approximate surface area is 418 Å². The van der Waals surface area contributed by atoms with E-state index in [4.69, 9.17) is 14.2 Å². The Morgan fingerprint density at radius 2 is 0.522 bits per heavy atom. The molecule has 0 N–H and O–H groups in total. The quantitative estimate of drug-likeness (QED) is 0.0343. The van der Waals surface area contributed by atoms with Gasteiger partial charge in [-0.25, -0.2) is 0 Å². The molecule has 67 heavy (non-hydrogen) atoms. The lowest BCUT2D eigenvalue weighted by Gasteiger charge is -2.18. The summed E-state index contributed by atoms with van der Waals surface area (Å²) in [6, 6.07) is 0. The summed E-state index contributed by atoms with van der Waals surface area (Å²) in [5.41, 5.74) is 0. The molecule has 1 unspecified atom stereocenters. The van der Waals surface area contributed by atoms with E-state index < -0.39 is 6.10 Å². The van der Waals surface area contributed by atoms with Gasteiger partial charge in [0.25, 0.3) is 0 Å². The van der Waals surface area contributed by atoms with Crippen LogP contribution in [0.5, 0.6) is 0 Å². The fraction of sp³-hybridized carbons (Fsp3) is 0.951.